The summed E-state index contributed by atoms with van der Waals surface area (Å²) in [4.78, 5) is 11.9. The van der Waals surface area contributed by atoms with E-state index >= 15 is 0 Å². The molecule has 1 aromatic rings. The van der Waals surface area contributed by atoms with Gasteiger partial charge in [-0.2, -0.15) is 0 Å². The Bertz CT molecular complexity index is 437. The number of hydrogen-bond acceptors (Lipinski definition) is 2. The SMILES string of the molecule is C#CC(CC)NC(=O)c1cccc(N)c1Br. The lowest BCUT2D eigenvalue weighted by Crippen LogP contribution is -2.33. The van der Waals surface area contributed by atoms with Gasteiger partial charge in [0, 0.05) is 5.69 Å². The highest BCUT2D eigenvalue weighted by Gasteiger charge is 2.13. The zero-order chi connectivity index (χ0) is 12.1. The van der Waals surface area contributed by atoms with E-state index in [0.717, 1.165) is 0 Å². The molecule has 1 amide bonds. The standard InChI is InChI=1S/C12H13BrN2O/c1-3-8(4-2)15-12(16)9-6-5-7-10(14)11(9)13/h1,5-8H,4,14H2,2H3,(H,15,16). The highest BCUT2D eigenvalue weighted by Crippen LogP contribution is 2.23. The number of carbonyl (C=O) groups is 1. The van der Waals surface area contributed by atoms with Crippen molar-refractivity contribution in [1.82, 2.24) is 5.32 Å². The van der Waals surface area contributed by atoms with E-state index in [-0.39, 0.29) is 11.9 Å². The van der Waals surface area contributed by atoms with Crippen LogP contribution in [0, 0.1) is 12.3 Å². The average Bonchev–Trinajstić information content (AvgIpc) is 2.29. The molecule has 0 saturated heterocycles. The topological polar surface area (TPSA) is 55.1 Å². The second-order valence-corrected chi connectivity index (χ2v) is 4.10. The van der Waals surface area contributed by atoms with Crippen molar-refractivity contribution in [2.75, 3.05) is 5.73 Å². The molecule has 1 rings (SSSR count). The van der Waals surface area contributed by atoms with E-state index in [1.165, 1.54) is 0 Å². The van der Waals surface area contributed by atoms with Crippen molar-refractivity contribution in [3.63, 3.8) is 0 Å². The maximum Gasteiger partial charge on any atom is 0.253 e. The normalized spacial score (nSPS) is 11.6. The molecule has 0 radical (unpaired) electrons. The van der Waals surface area contributed by atoms with Gasteiger partial charge in [-0.3, -0.25) is 4.79 Å². The maximum absolute atomic E-state index is 11.9. The van der Waals surface area contributed by atoms with Gasteiger partial charge in [0.15, 0.2) is 0 Å². The second-order valence-electron chi connectivity index (χ2n) is 3.31. The van der Waals surface area contributed by atoms with Crippen LogP contribution in [0.3, 0.4) is 0 Å². The van der Waals surface area contributed by atoms with Crippen molar-refractivity contribution in [3.8, 4) is 12.3 Å². The fourth-order valence-corrected chi connectivity index (χ4v) is 1.67. The molecule has 0 aliphatic carbocycles. The predicted octanol–water partition coefficient (Wildman–Crippen LogP) is 2.17. The summed E-state index contributed by atoms with van der Waals surface area (Å²) in [5, 5.41) is 2.74. The molecule has 1 aromatic carbocycles. The zero-order valence-corrected chi connectivity index (χ0v) is 10.5. The van der Waals surface area contributed by atoms with Gasteiger partial charge in [0.1, 0.15) is 0 Å². The predicted molar refractivity (Wildman–Crippen MR) is 68.9 cm³/mol. The largest absolute Gasteiger partial charge is 0.398 e. The van der Waals surface area contributed by atoms with E-state index in [1.807, 2.05) is 6.92 Å². The number of carbonyl (C=O) groups excluding carboxylic acids is 1. The third kappa shape index (κ3) is 2.77. The summed E-state index contributed by atoms with van der Waals surface area (Å²) in [7, 11) is 0. The molecular weight excluding hydrogens is 268 g/mol. The first-order valence-electron chi connectivity index (χ1n) is 4.91. The van der Waals surface area contributed by atoms with Crippen LogP contribution >= 0.6 is 15.9 Å². The van der Waals surface area contributed by atoms with Gasteiger partial charge in [-0.15, -0.1) is 6.42 Å². The first kappa shape index (κ1) is 12.6. The monoisotopic (exact) mass is 280 g/mol. The van der Waals surface area contributed by atoms with E-state index in [0.29, 0.717) is 22.1 Å². The van der Waals surface area contributed by atoms with Crippen LogP contribution in [0.2, 0.25) is 0 Å². The van der Waals surface area contributed by atoms with Gasteiger partial charge >= 0.3 is 0 Å². The first-order chi connectivity index (χ1) is 7.60. The number of nitrogen functional groups attached to an aromatic ring is 1. The Labute approximate surface area is 104 Å². The molecule has 4 heteroatoms. The van der Waals surface area contributed by atoms with Crippen LogP contribution in [-0.4, -0.2) is 11.9 Å². The number of amides is 1. The number of anilines is 1. The molecule has 0 aliphatic rings. The summed E-state index contributed by atoms with van der Waals surface area (Å²) in [5.74, 6) is 2.29. The average molecular weight is 281 g/mol. The van der Waals surface area contributed by atoms with Crippen molar-refractivity contribution >= 4 is 27.5 Å². The quantitative estimate of drug-likeness (QED) is 0.659. The van der Waals surface area contributed by atoms with E-state index in [9.17, 15) is 4.79 Å². The molecule has 16 heavy (non-hydrogen) atoms. The number of benzene rings is 1. The molecule has 3 nitrogen and oxygen atoms in total. The minimum atomic E-state index is -0.249. The summed E-state index contributed by atoms with van der Waals surface area (Å²) >= 11 is 3.28. The Morgan fingerprint density at radius 3 is 2.94 bits per heavy atom. The molecular formula is C12H13BrN2O. The van der Waals surface area contributed by atoms with Crippen molar-refractivity contribution in [1.29, 1.82) is 0 Å². The van der Waals surface area contributed by atoms with E-state index in [1.54, 1.807) is 18.2 Å². The van der Waals surface area contributed by atoms with Gasteiger partial charge in [0.2, 0.25) is 0 Å². The molecule has 0 aliphatic heterocycles. The van der Waals surface area contributed by atoms with Gasteiger partial charge in [-0.1, -0.05) is 18.9 Å². The highest BCUT2D eigenvalue weighted by atomic mass is 79.9. The molecule has 3 N–H and O–H groups in total. The molecule has 0 spiro atoms. The van der Waals surface area contributed by atoms with Crippen LogP contribution in [0.1, 0.15) is 23.7 Å². The van der Waals surface area contributed by atoms with Crippen LogP contribution in [0.25, 0.3) is 0 Å². The highest BCUT2D eigenvalue weighted by molar-refractivity contribution is 9.10. The summed E-state index contributed by atoms with van der Waals surface area (Å²) in [6.07, 6.45) is 5.97. The number of nitrogens with two attached hydrogens (primary N) is 1. The minimum absolute atomic E-state index is 0.219. The summed E-state index contributed by atoms with van der Waals surface area (Å²) in [5.41, 5.74) is 6.71. The van der Waals surface area contributed by atoms with Crippen molar-refractivity contribution in [2.45, 2.75) is 19.4 Å². The minimum Gasteiger partial charge on any atom is -0.398 e. The summed E-state index contributed by atoms with van der Waals surface area (Å²) in [6.45, 7) is 1.92. The third-order valence-electron chi connectivity index (χ3n) is 2.19. The molecule has 0 saturated carbocycles. The summed E-state index contributed by atoms with van der Waals surface area (Å²) < 4.78 is 0.597. The Balaban J connectivity index is 2.90. The number of hydrogen-bond donors (Lipinski definition) is 2. The van der Waals surface area contributed by atoms with Crippen LogP contribution < -0.4 is 11.1 Å². The van der Waals surface area contributed by atoms with E-state index < -0.39 is 0 Å². The zero-order valence-electron chi connectivity index (χ0n) is 8.96. The number of halogens is 1. The first-order valence-corrected chi connectivity index (χ1v) is 5.70. The molecule has 0 fully saturated rings. The molecule has 0 bridgehead atoms. The van der Waals surface area contributed by atoms with Crippen molar-refractivity contribution in [2.24, 2.45) is 0 Å². The van der Waals surface area contributed by atoms with E-state index in [4.69, 9.17) is 12.2 Å². The van der Waals surface area contributed by atoms with Gasteiger partial charge in [-0.25, -0.2) is 0 Å². The number of rotatable bonds is 3. The van der Waals surface area contributed by atoms with Crippen LogP contribution in [-0.2, 0) is 0 Å². The van der Waals surface area contributed by atoms with Gasteiger partial charge in [0.05, 0.1) is 16.1 Å². The fraction of sp³-hybridized carbons (Fsp3) is 0.250. The number of terminal acetylenes is 1. The third-order valence-corrected chi connectivity index (χ3v) is 3.07. The van der Waals surface area contributed by atoms with Crippen molar-refractivity contribution < 1.29 is 4.79 Å². The van der Waals surface area contributed by atoms with Gasteiger partial charge < -0.3 is 11.1 Å². The molecule has 0 heterocycles. The van der Waals surface area contributed by atoms with Crippen molar-refractivity contribution in [3.05, 3.63) is 28.2 Å². The second kappa shape index (κ2) is 5.57. The number of nitrogens with one attached hydrogen (secondary N) is 1. The van der Waals surface area contributed by atoms with Gasteiger partial charge in [-0.05, 0) is 34.5 Å². The maximum atomic E-state index is 11.9. The molecule has 1 unspecified atom stereocenters. The Hall–Kier alpha value is -1.47. The fourth-order valence-electron chi connectivity index (χ4n) is 1.22. The van der Waals surface area contributed by atoms with Crippen LogP contribution in [0.15, 0.2) is 22.7 Å². The van der Waals surface area contributed by atoms with E-state index in [2.05, 4.69) is 27.2 Å². The molecule has 0 aromatic heterocycles. The lowest BCUT2D eigenvalue weighted by Gasteiger charge is -2.12. The van der Waals surface area contributed by atoms with Gasteiger partial charge in [0.25, 0.3) is 5.91 Å². The summed E-state index contributed by atoms with van der Waals surface area (Å²) in [6, 6.07) is 4.89. The Morgan fingerprint density at radius 2 is 2.38 bits per heavy atom. The van der Waals surface area contributed by atoms with Crippen LogP contribution in [0.4, 0.5) is 5.69 Å². The smallest absolute Gasteiger partial charge is 0.253 e. The lowest BCUT2D eigenvalue weighted by atomic mass is 10.1. The Morgan fingerprint density at radius 1 is 1.69 bits per heavy atom. The molecule has 1 atom stereocenters. The Kier molecular flexibility index (Phi) is 4.39. The molecule has 84 valence electrons. The van der Waals surface area contributed by atoms with Crippen LogP contribution in [0.5, 0.6) is 0 Å². The lowest BCUT2D eigenvalue weighted by molar-refractivity contribution is 0.0944.